The summed E-state index contributed by atoms with van der Waals surface area (Å²) < 4.78 is 12.8. The van der Waals surface area contributed by atoms with Crippen molar-refractivity contribution in [3.8, 4) is 0 Å². The Hall–Kier alpha value is -2.17. The quantitative estimate of drug-likeness (QED) is 0.192. The van der Waals surface area contributed by atoms with Crippen molar-refractivity contribution >= 4 is 5.91 Å². The van der Waals surface area contributed by atoms with Crippen LogP contribution in [0.2, 0.25) is 0 Å². The van der Waals surface area contributed by atoms with Gasteiger partial charge in [0.05, 0.1) is 11.2 Å². The molecule has 3 rings (SSSR count). The van der Waals surface area contributed by atoms with Crippen LogP contribution in [0.1, 0.15) is 132 Å². The lowest BCUT2D eigenvalue weighted by Gasteiger charge is -2.41. The lowest BCUT2D eigenvalue weighted by Crippen LogP contribution is -2.55. The average Bonchev–Trinajstić information content (AvgIpc) is 2.94. The van der Waals surface area contributed by atoms with E-state index in [4.69, 9.17) is 9.47 Å². The largest absolute Gasteiger partial charge is 0.376 e. The van der Waals surface area contributed by atoms with Crippen molar-refractivity contribution in [2.24, 2.45) is 23.7 Å². The van der Waals surface area contributed by atoms with Crippen molar-refractivity contribution in [1.82, 2.24) is 5.32 Å². The number of carbonyl (C=O) groups is 1. The first-order chi connectivity index (χ1) is 21.1. The lowest BCUT2D eigenvalue weighted by atomic mass is 9.66. The number of benzene rings is 2. The fourth-order valence-electron chi connectivity index (χ4n) is 7.53. The third kappa shape index (κ3) is 11.0. The normalized spacial score (nSPS) is 18.4. The molecule has 0 bridgehead atoms. The molecule has 1 N–H and O–H groups in total. The molecule has 1 saturated carbocycles. The van der Waals surface area contributed by atoms with Gasteiger partial charge in [0.25, 0.3) is 0 Å². The monoisotopic (exact) mass is 619 g/mol. The molecule has 2 aromatic rings. The minimum absolute atomic E-state index is 0.0337. The summed E-state index contributed by atoms with van der Waals surface area (Å²) in [6, 6.07) is 20.5. The first kappa shape index (κ1) is 37.3. The zero-order valence-electron chi connectivity index (χ0n) is 30.4. The Balaban J connectivity index is 1.53. The highest BCUT2D eigenvalue weighted by Crippen LogP contribution is 2.41. The molecule has 252 valence electrons. The molecule has 0 heterocycles. The molecule has 0 aromatic heterocycles. The summed E-state index contributed by atoms with van der Waals surface area (Å²) in [5.41, 5.74) is 0.621. The van der Waals surface area contributed by atoms with Gasteiger partial charge in [-0.3, -0.25) is 4.79 Å². The number of nitrogens with one attached hydrogen (secondary N) is 1. The van der Waals surface area contributed by atoms with E-state index < -0.39 is 11.0 Å². The van der Waals surface area contributed by atoms with E-state index in [1.165, 1.54) is 25.7 Å². The highest BCUT2D eigenvalue weighted by Gasteiger charge is 2.46. The van der Waals surface area contributed by atoms with E-state index in [1.54, 1.807) is 0 Å². The SMILES string of the molecule is CC(C)CCOC(C)(C)CC1CCC(CC(C)(C)OCCC(C)(C)NC(=O)C(c2ccccc2)(c2ccccc2)C(C)C)CC1. The first-order valence-corrected chi connectivity index (χ1v) is 17.8. The highest BCUT2D eigenvalue weighted by molar-refractivity contribution is 5.93. The topological polar surface area (TPSA) is 47.6 Å². The molecular weight excluding hydrogens is 554 g/mol. The molecule has 1 fully saturated rings. The van der Waals surface area contributed by atoms with Crippen molar-refractivity contribution < 1.29 is 14.3 Å². The second-order valence-corrected chi connectivity index (χ2v) is 16.5. The second-order valence-electron chi connectivity index (χ2n) is 16.5. The first-order valence-electron chi connectivity index (χ1n) is 17.8. The molecule has 2 aromatic carbocycles. The van der Waals surface area contributed by atoms with E-state index in [0.29, 0.717) is 18.4 Å². The van der Waals surface area contributed by atoms with Crippen LogP contribution in [0.25, 0.3) is 0 Å². The third-order valence-electron chi connectivity index (χ3n) is 10.1. The standard InChI is InChI=1S/C41H65NO3/c1-31(2)25-27-44-39(7,8)29-33-21-23-34(24-22-33)30-40(9,10)45-28-26-38(5,6)42-37(43)41(32(3)4,35-17-13-11-14-18-35)36-19-15-12-16-20-36/h11-20,31-34H,21-30H2,1-10H3,(H,42,43). The van der Waals surface area contributed by atoms with Crippen molar-refractivity contribution in [2.75, 3.05) is 13.2 Å². The van der Waals surface area contributed by atoms with Gasteiger partial charge in [-0.05, 0) is 102 Å². The van der Waals surface area contributed by atoms with Gasteiger partial charge in [-0.2, -0.15) is 0 Å². The molecule has 0 unspecified atom stereocenters. The number of amides is 1. The number of hydrogen-bond acceptors (Lipinski definition) is 3. The second kappa shape index (κ2) is 16.1. The molecule has 4 nitrogen and oxygen atoms in total. The molecule has 0 aliphatic heterocycles. The van der Waals surface area contributed by atoms with Crippen LogP contribution in [-0.4, -0.2) is 35.9 Å². The van der Waals surface area contributed by atoms with Crippen LogP contribution in [0, 0.1) is 23.7 Å². The number of carbonyl (C=O) groups excluding carboxylic acids is 1. The predicted octanol–water partition coefficient (Wildman–Crippen LogP) is 10.1. The van der Waals surface area contributed by atoms with Crippen LogP contribution in [0.4, 0.5) is 0 Å². The molecular formula is C41H65NO3. The summed E-state index contributed by atoms with van der Waals surface area (Å²) in [6.45, 7) is 23.6. The maximum absolute atomic E-state index is 14.4. The third-order valence-corrected chi connectivity index (χ3v) is 10.1. The molecule has 0 saturated heterocycles. The Morgan fingerprint density at radius 1 is 0.711 bits per heavy atom. The van der Waals surface area contributed by atoms with Gasteiger partial charge in [-0.15, -0.1) is 0 Å². The minimum Gasteiger partial charge on any atom is -0.376 e. The number of hydrogen-bond donors (Lipinski definition) is 1. The molecule has 4 heteroatoms. The van der Waals surface area contributed by atoms with Gasteiger partial charge in [0.2, 0.25) is 5.91 Å². The summed E-state index contributed by atoms with van der Waals surface area (Å²) in [5, 5.41) is 3.46. The van der Waals surface area contributed by atoms with E-state index in [-0.39, 0.29) is 23.0 Å². The Bertz CT molecular complexity index is 1100. The fraction of sp³-hybridized carbons (Fsp3) is 0.683. The van der Waals surface area contributed by atoms with E-state index in [2.05, 4.69) is 98.8 Å². The van der Waals surface area contributed by atoms with Crippen molar-refractivity contribution in [1.29, 1.82) is 0 Å². The van der Waals surface area contributed by atoms with Gasteiger partial charge < -0.3 is 14.8 Å². The van der Waals surface area contributed by atoms with E-state index in [1.807, 2.05) is 36.4 Å². The molecule has 1 aliphatic carbocycles. The molecule has 0 spiro atoms. The van der Waals surface area contributed by atoms with Crippen LogP contribution in [0.3, 0.4) is 0 Å². The smallest absolute Gasteiger partial charge is 0.235 e. The van der Waals surface area contributed by atoms with E-state index in [9.17, 15) is 4.79 Å². The van der Waals surface area contributed by atoms with Crippen molar-refractivity contribution in [3.05, 3.63) is 71.8 Å². The Labute approximate surface area is 276 Å². The van der Waals surface area contributed by atoms with Crippen molar-refractivity contribution in [2.45, 2.75) is 143 Å². The van der Waals surface area contributed by atoms with Crippen LogP contribution in [0.15, 0.2) is 60.7 Å². The van der Waals surface area contributed by atoms with E-state index >= 15 is 0 Å². The summed E-state index contributed by atoms with van der Waals surface area (Å²) in [7, 11) is 0. The lowest BCUT2D eigenvalue weighted by molar-refractivity contribution is -0.128. The maximum Gasteiger partial charge on any atom is 0.235 e. The molecule has 0 radical (unpaired) electrons. The van der Waals surface area contributed by atoms with E-state index in [0.717, 1.165) is 49.3 Å². The summed E-state index contributed by atoms with van der Waals surface area (Å²) >= 11 is 0. The molecule has 1 aliphatic rings. The minimum atomic E-state index is -0.784. The van der Waals surface area contributed by atoms with Crippen LogP contribution < -0.4 is 5.32 Å². The zero-order chi connectivity index (χ0) is 33.3. The van der Waals surface area contributed by atoms with Gasteiger partial charge in [0, 0.05) is 18.8 Å². The molecule has 1 amide bonds. The van der Waals surface area contributed by atoms with Gasteiger partial charge >= 0.3 is 0 Å². The van der Waals surface area contributed by atoms with Crippen molar-refractivity contribution in [3.63, 3.8) is 0 Å². The summed E-state index contributed by atoms with van der Waals surface area (Å²) in [5.74, 6) is 2.26. The number of rotatable bonds is 17. The summed E-state index contributed by atoms with van der Waals surface area (Å²) in [6.07, 6.45) is 9.25. The van der Waals surface area contributed by atoms with Gasteiger partial charge in [-0.1, -0.05) is 114 Å². The fourth-order valence-corrected chi connectivity index (χ4v) is 7.53. The Morgan fingerprint density at radius 3 is 1.53 bits per heavy atom. The zero-order valence-corrected chi connectivity index (χ0v) is 30.4. The Kier molecular flexibility index (Phi) is 13.3. The van der Waals surface area contributed by atoms with Crippen LogP contribution in [-0.2, 0) is 19.7 Å². The summed E-state index contributed by atoms with van der Waals surface area (Å²) in [4.78, 5) is 14.4. The van der Waals surface area contributed by atoms with Crippen LogP contribution >= 0.6 is 0 Å². The van der Waals surface area contributed by atoms with Crippen LogP contribution in [0.5, 0.6) is 0 Å². The molecule has 0 atom stereocenters. The average molecular weight is 620 g/mol. The molecule has 45 heavy (non-hydrogen) atoms. The van der Waals surface area contributed by atoms with Gasteiger partial charge in [-0.25, -0.2) is 0 Å². The predicted molar refractivity (Wildman–Crippen MR) is 190 cm³/mol. The van der Waals surface area contributed by atoms with Gasteiger partial charge in [0.1, 0.15) is 5.41 Å². The Morgan fingerprint density at radius 2 is 1.13 bits per heavy atom. The maximum atomic E-state index is 14.4. The highest BCUT2D eigenvalue weighted by atomic mass is 16.5. The van der Waals surface area contributed by atoms with Gasteiger partial charge in [0.15, 0.2) is 0 Å². The number of ether oxygens (including phenoxy) is 2.